The molecular weight excluding hydrogens is 342 g/mol. The Morgan fingerprint density at radius 1 is 0.519 bits per heavy atom. The summed E-state index contributed by atoms with van der Waals surface area (Å²) >= 11 is 0. The van der Waals surface area contributed by atoms with Gasteiger partial charge in [-0.15, -0.1) is 0 Å². The van der Waals surface area contributed by atoms with E-state index >= 15 is 0 Å². The lowest BCUT2D eigenvalue weighted by molar-refractivity contribution is 0.248. The lowest BCUT2D eigenvalue weighted by Crippen LogP contribution is -2.30. The van der Waals surface area contributed by atoms with Gasteiger partial charge in [0, 0.05) is 13.1 Å². The van der Waals surface area contributed by atoms with Gasteiger partial charge in [0.15, 0.2) is 0 Å². The molecule has 0 aromatic heterocycles. The predicted octanol–water partition coefficient (Wildman–Crippen LogP) is 3.37. The minimum atomic E-state index is -0.443. The van der Waals surface area contributed by atoms with Crippen LogP contribution in [0.25, 0.3) is 0 Å². The van der Waals surface area contributed by atoms with Crippen molar-refractivity contribution in [2.24, 2.45) is 11.5 Å². The Bertz CT molecular complexity index is 312. The maximum absolute atomic E-state index is 10.4. The van der Waals surface area contributed by atoms with E-state index in [1.54, 1.807) is 0 Å². The van der Waals surface area contributed by atoms with Crippen LogP contribution < -0.4 is 27.4 Å². The van der Waals surface area contributed by atoms with Crippen molar-refractivity contribution >= 4 is 12.1 Å². The van der Waals surface area contributed by atoms with E-state index in [0.29, 0.717) is 13.1 Å². The van der Waals surface area contributed by atoms with Crippen LogP contribution in [0.3, 0.4) is 0 Å². The van der Waals surface area contributed by atoms with Crippen molar-refractivity contribution < 1.29 is 9.59 Å². The van der Waals surface area contributed by atoms with Crippen molar-refractivity contribution in [3.05, 3.63) is 0 Å². The summed E-state index contributed by atoms with van der Waals surface area (Å²) in [6, 6.07) is -0.885. The van der Waals surface area contributed by atoms with E-state index < -0.39 is 12.1 Å². The van der Waals surface area contributed by atoms with E-state index in [0.717, 1.165) is 38.8 Å². The van der Waals surface area contributed by atoms with Crippen molar-refractivity contribution in [3.63, 3.8) is 0 Å². The summed E-state index contributed by atoms with van der Waals surface area (Å²) < 4.78 is 0. The molecule has 0 spiro atoms. The van der Waals surface area contributed by atoms with E-state index in [1.165, 1.54) is 64.2 Å². The van der Waals surface area contributed by atoms with Crippen LogP contribution in [0, 0.1) is 0 Å². The number of rotatable bonds is 14. The first kappa shape index (κ1) is 25.5. The van der Waals surface area contributed by atoms with Gasteiger partial charge in [-0.25, -0.2) is 9.59 Å². The highest BCUT2D eigenvalue weighted by molar-refractivity contribution is 5.71. The summed E-state index contributed by atoms with van der Waals surface area (Å²) in [5.74, 6) is 0. The molecule has 1 aliphatic rings. The number of unbranched alkanes of at least 4 members (excludes halogenated alkanes) is 6. The Labute approximate surface area is 165 Å². The molecule has 0 bridgehead atoms. The molecule has 0 aliphatic heterocycles. The monoisotopic (exact) mass is 385 g/mol. The van der Waals surface area contributed by atoms with Crippen LogP contribution in [-0.2, 0) is 0 Å². The average Bonchev–Trinajstić information content (AvgIpc) is 2.66. The first-order valence-corrected chi connectivity index (χ1v) is 10.9. The van der Waals surface area contributed by atoms with Gasteiger partial charge in [-0.2, -0.15) is 0 Å². The minimum Gasteiger partial charge on any atom is -0.352 e. The number of carbonyl (C=O) groups is 2. The van der Waals surface area contributed by atoms with Crippen molar-refractivity contribution in [3.8, 4) is 0 Å². The number of hydrogen-bond donors (Lipinski definition) is 5. The van der Waals surface area contributed by atoms with Gasteiger partial charge < -0.3 is 27.4 Å². The fourth-order valence-corrected chi connectivity index (χ4v) is 3.07. The second kappa shape index (κ2) is 20.8. The first-order valence-electron chi connectivity index (χ1n) is 10.9. The molecule has 0 aromatic carbocycles. The number of nitrogens with two attached hydrogens (primary N) is 2. The number of hydrogen-bond acceptors (Lipinski definition) is 3. The molecule has 0 radical (unpaired) electrons. The average molecular weight is 386 g/mol. The van der Waals surface area contributed by atoms with E-state index in [4.69, 9.17) is 11.5 Å². The zero-order chi connectivity index (χ0) is 20.0. The Morgan fingerprint density at radius 3 is 1.11 bits per heavy atom. The zero-order valence-corrected chi connectivity index (χ0v) is 17.2. The topological polar surface area (TPSA) is 122 Å². The highest BCUT2D eigenvalue weighted by Crippen LogP contribution is 2.15. The summed E-state index contributed by atoms with van der Waals surface area (Å²) in [5, 5.41) is 8.59. The van der Waals surface area contributed by atoms with Crippen LogP contribution in [-0.4, -0.2) is 38.2 Å². The van der Waals surface area contributed by atoms with Gasteiger partial charge in [-0.3, -0.25) is 0 Å². The zero-order valence-electron chi connectivity index (χ0n) is 17.2. The molecule has 1 fully saturated rings. The maximum atomic E-state index is 10.4. The fraction of sp³-hybridized carbons (Fsp3) is 0.900. The van der Waals surface area contributed by atoms with Gasteiger partial charge in [0.25, 0.3) is 0 Å². The third kappa shape index (κ3) is 24.5. The quantitative estimate of drug-likeness (QED) is 0.295. The van der Waals surface area contributed by atoms with Gasteiger partial charge in [0.1, 0.15) is 0 Å². The molecule has 160 valence electrons. The molecule has 0 unspecified atom stereocenters. The summed E-state index contributed by atoms with van der Waals surface area (Å²) in [6.07, 6.45) is 17.9. The highest BCUT2D eigenvalue weighted by atomic mass is 16.2. The van der Waals surface area contributed by atoms with E-state index in [-0.39, 0.29) is 0 Å². The molecule has 7 nitrogen and oxygen atoms in total. The molecule has 7 heteroatoms. The Hall–Kier alpha value is -1.50. The number of primary amides is 2. The second-order valence-corrected chi connectivity index (χ2v) is 7.28. The van der Waals surface area contributed by atoms with Crippen molar-refractivity contribution in [2.75, 3.05) is 26.2 Å². The molecule has 1 rings (SSSR count). The maximum Gasteiger partial charge on any atom is 0.312 e. The Balaban J connectivity index is 0.000000941. The van der Waals surface area contributed by atoms with E-state index in [9.17, 15) is 9.59 Å². The van der Waals surface area contributed by atoms with Gasteiger partial charge in [0.05, 0.1) is 0 Å². The van der Waals surface area contributed by atoms with Crippen molar-refractivity contribution in [2.45, 2.75) is 89.9 Å². The molecule has 4 amide bonds. The number of urea groups is 2. The van der Waals surface area contributed by atoms with Gasteiger partial charge >= 0.3 is 12.1 Å². The smallest absolute Gasteiger partial charge is 0.312 e. The van der Waals surface area contributed by atoms with Crippen molar-refractivity contribution in [1.29, 1.82) is 0 Å². The normalized spacial score (nSPS) is 13.3. The molecule has 1 aliphatic carbocycles. The Kier molecular flexibility index (Phi) is 19.7. The number of carbonyl (C=O) groups excluding carboxylic acids is 2. The molecule has 0 atom stereocenters. The van der Waals surface area contributed by atoms with Crippen LogP contribution in [0.15, 0.2) is 0 Å². The summed E-state index contributed by atoms with van der Waals surface area (Å²) in [5.41, 5.74) is 9.94. The van der Waals surface area contributed by atoms with E-state index in [2.05, 4.69) is 16.0 Å². The third-order valence-electron chi connectivity index (χ3n) is 4.66. The van der Waals surface area contributed by atoms with Gasteiger partial charge in [-0.1, -0.05) is 64.2 Å². The summed E-state index contributed by atoms with van der Waals surface area (Å²) in [7, 11) is 0. The van der Waals surface area contributed by atoms with Crippen LogP contribution in [0.5, 0.6) is 0 Å². The van der Waals surface area contributed by atoms with Crippen LogP contribution in [0.4, 0.5) is 9.59 Å². The SMILES string of the molecule is C1CCCCC1.NC(=O)NCCCCCCNCCCCCCNC(N)=O. The van der Waals surface area contributed by atoms with E-state index in [1.807, 2.05) is 0 Å². The summed E-state index contributed by atoms with van der Waals surface area (Å²) in [6.45, 7) is 3.44. The molecule has 7 N–H and O–H groups in total. The predicted molar refractivity (Wildman–Crippen MR) is 113 cm³/mol. The van der Waals surface area contributed by atoms with Gasteiger partial charge in [-0.05, 0) is 38.8 Å². The molecule has 0 saturated heterocycles. The third-order valence-corrected chi connectivity index (χ3v) is 4.66. The summed E-state index contributed by atoms with van der Waals surface area (Å²) in [4.78, 5) is 20.8. The van der Waals surface area contributed by atoms with Crippen LogP contribution in [0.1, 0.15) is 89.9 Å². The lowest BCUT2D eigenvalue weighted by atomic mass is 10.0. The lowest BCUT2D eigenvalue weighted by Gasteiger charge is -2.05. The Morgan fingerprint density at radius 2 is 0.815 bits per heavy atom. The molecule has 27 heavy (non-hydrogen) atoms. The first-order chi connectivity index (χ1) is 13.1. The molecule has 1 saturated carbocycles. The largest absolute Gasteiger partial charge is 0.352 e. The molecule has 0 aromatic rings. The second-order valence-electron chi connectivity index (χ2n) is 7.28. The molecule has 0 heterocycles. The van der Waals surface area contributed by atoms with Crippen molar-refractivity contribution in [1.82, 2.24) is 16.0 Å². The fourth-order valence-electron chi connectivity index (χ4n) is 3.07. The van der Waals surface area contributed by atoms with Gasteiger partial charge in [0.2, 0.25) is 0 Å². The molecular formula is C20H43N5O2. The minimum absolute atomic E-state index is 0.443. The number of nitrogens with one attached hydrogen (secondary N) is 3. The standard InChI is InChI=1S/C14H31N5O2.C6H12/c15-13(20)18-11-7-3-1-5-9-17-10-6-2-4-8-12-19-14(16)21;1-2-4-6-5-3-1/h17H,1-12H2,(H3,15,18,20)(H3,16,19,21);1-6H2. The number of amides is 4. The highest BCUT2D eigenvalue weighted by Gasteiger charge is 1.96. The van der Waals surface area contributed by atoms with Crippen LogP contribution in [0.2, 0.25) is 0 Å². The van der Waals surface area contributed by atoms with Crippen LogP contribution >= 0.6 is 0 Å².